The number of halogens is 1. The Morgan fingerprint density at radius 2 is 2.13 bits per heavy atom. The molecule has 15 heavy (non-hydrogen) atoms. The monoisotopic (exact) mass is 231 g/mol. The standard InChI is InChI=1S/C9H14ClN3O2/c1-14-6-7(15-2)5-13-9-8(10)11-3-4-12-9/h3-4,7H,5-6H2,1-2H3,(H,12,13). The Kier molecular flexibility index (Phi) is 5.31. The van der Waals surface area contributed by atoms with Crippen molar-refractivity contribution in [2.24, 2.45) is 0 Å². The fourth-order valence-corrected chi connectivity index (χ4v) is 1.22. The zero-order valence-corrected chi connectivity index (χ0v) is 9.49. The molecule has 1 heterocycles. The van der Waals surface area contributed by atoms with Gasteiger partial charge in [-0.05, 0) is 0 Å². The largest absolute Gasteiger partial charge is 0.382 e. The van der Waals surface area contributed by atoms with Crippen LogP contribution in [0.2, 0.25) is 5.15 Å². The number of hydrogen-bond donors (Lipinski definition) is 1. The topological polar surface area (TPSA) is 56.3 Å². The molecule has 0 radical (unpaired) electrons. The Morgan fingerprint density at radius 3 is 2.73 bits per heavy atom. The second-order valence-corrected chi connectivity index (χ2v) is 3.25. The van der Waals surface area contributed by atoms with Gasteiger partial charge in [-0.2, -0.15) is 0 Å². The molecule has 6 heteroatoms. The number of methoxy groups -OCH3 is 2. The maximum Gasteiger partial charge on any atom is 0.171 e. The molecule has 0 aromatic carbocycles. The van der Waals surface area contributed by atoms with Crippen molar-refractivity contribution in [3.8, 4) is 0 Å². The molecule has 84 valence electrons. The average Bonchev–Trinajstić information content (AvgIpc) is 2.26. The lowest BCUT2D eigenvalue weighted by Gasteiger charge is -2.15. The smallest absolute Gasteiger partial charge is 0.171 e. The van der Waals surface area contributed by atoms with E-state index in [1.54, 1.807) is 20.4 Å². The summed E-state index contributed by atoms with van der Waals surface area (Å²) < 4.78 is 10.2. The molecule has 0 amide bonds. The summed E-state index contributed by atoms with van der Waals surface area (Å²) in [5.74, 6) is 0.553. The van der Waals surface area contributed by atoms with E-state index in [2.05, 4.69) is 15.3 Å². The van der Waals surface area contributed by atoms with Gasteiger partial charge in [-0.1, -0.05) is 11.6 Å². The summed E-state index contributed by atoms with van der Waals surface area (Å²) in [6.45, 7) is 1.09. The summed E-state index contributed by atoms with van der Waals surface area (Å²) in [7, 11) is 3.25. The van der Waals surface area contributed by atoms with Crippen molar-refractivity contribution in [1.29, 1.82) is 0 Å². The highest BCUT2D eigenvalue weighted by Gasteiger charge is 2.08. The van der Waals surface area contributed by atoms with Crippen molar-refractivity contribution in [2.45, 2.75) is 6.10 Å². The Hall–Kier alpha value is -0.910. The molecule has 0 aliphatic heterocycles. The van der Waals surface area contributed by atoms with E-state index in [4.69, 9.17) is 21.1 Å². The van der Waals surface area contributed by atoms with E-state index in [9.17, 15) is 0 Å². The number of hydrogen-bond acceptors (Lipinski definition) is 5. The normalized spacial score (nSPS) is 12.5. The molecule has 0 saturated heterocycles. The van der Waals surface area contributed by atoms with Crippen molar-refractivity contribution >= 4 is 17.4 Å². The van der Waals surface area contributed by atoms with Crippen LogP contribution in [0.3, 0.4) is 0 Å². The highest BCUT2D eigenvalue weighted by atomic mass is 35.5. The Morgan fingerprint density at radius 1 is 1.40 bits per heavy atom. The predicted octanol–water partition coefficient (Wildman–Crippen LogP) is 1.20. The zero-order chi connectivity index (χ0) is 11.1. The summed E-state index contributed by atoms with van der Waals surface area (Å²) in [6.07, 6.45) is 3.08. The molecule has 1 rings (SSSR count). The van der Waals surface area contributed by atoms with E-state index >= 15 is 0 Å². The van der Waals surface area contributed by atoms with Gasteiger partial charge >= 0.3 is 0 Å². The predicted molar refractivity (Wildman–Crippen MR) is 58.2 cm³/mol. The summed E-state index contributed by atoms with van der Waals surface area (Å²) in [5, 5.41) is 3.39. The lowest BCUT2D eigenvalue weighted by molar-refractivity contribution is 0.0365. The number of nitrogens with zero attached hydrogens (tertiary/aromatic N) is 2. The summed E-state index contributed by atoms with van der Waals surface area (Å²) in [5.41, 5.74) is 0. The molecule has 0 aliphatic rings. The van der Waals surface area contributed by atoms with E-state index in [1.807, 2.05) is 0 Å². The van der Waals surface area contributed by atoms with Crippen molar-refractivity contribution in [2.75, 3.05) is 32.7 Å². The van der Waals surface area contributed by atoms with E-state index in [0.717, 1.165) is 0 Å². The van der Waals surface area contributed by atoms with Gasteiger partial charge < -0.3 is 14.8 Å². The van der Waals surface area contributed by atoms with Crippen LogP contribution in [0.5, 0.6) is 0 Å². The molecule has 0 spiro atoms. The summed E-state index contributed by atoms with van der Waals surface area (Å²) in [4.78, 5) is 7.94. The van der Waals surface area contributed by atoms with E-state index in [-0.39, 0.29) is 6.10 Å². The van der Waals surface area contributed by atoms with Gasteiger partial charge in [0.15, 0.2) is 11.0 Å². The first kappa shape index (κ1) is 12.2. The molecule has 1 N–H and O–H groups in total. The number of ether oxygens (including phenoxy) is 2. The molecule has 0 bridgehead atoms. The molecular weight excluding hydrogens is 218 g/mol. The van der Waals surface area contributed by atoms with Crippen LogP contribution < -0.4 is 5.32 Å². The van der Waals surface area contributed by atoms with Crippen LogP contribution >= 0.6 is 11.6 Å². The first-order valence-electron chi connectivity index (χ1n) is 4.50. The zero-order valence-electron chi connectivity index (χ0n) is 8.74. The van der Waals surface area contributed by atoms with Crippen LogP contribution in [0.15, 0.2) is 12.4 Å². The van der Waals surface area contributed by atoms with Crippen molar-refractivity contribution < 1.29 is 9.47 Å². The minimum atomic E-state index is -0.0342. The third-order valence-corrected chi connectivity index (χ3v) is 2.11. The van der Waals surface area contributed by atoms with Crippen LogP contribution in [0, 0.1) is 0 Å². The fourth-order valence-electron chi connectivity index (χ4n) is 1.05. The first-order chi connectivity index (χ1) is 7.27. The number of nitrogens with one attached hydrogen (secondary N) is 1. The Bertz CT molecular complexity index is 298. The van der Waals surface area contributed by atoms with Crippen molar-refractivity contribution in [3.05, 3.63) is 17.5 Å². The van der Waals surface area contributed by atoms with E-state index in [0.29, 0.717) is 24.1 Å². The third-order valence-electron chi connectivity index (χ3n) is 1.84. The molecule has 1 aromatic heterocycles. The van der Waals surface area contributed by atoms with Gasteiger partial charge in [0.25, 0.3) is 0 Å². The maximum absolute atomic E-state index is 5.82. The van der Waals surface area contributed by atoms with Gasteiger partial charge in [-0.15, -0.1) is 0 Å². The summed E-state index contributed by atoms with van der Waals surface area (Å²) >= 11 is 5.82. The summed E-state index contributed by atoms with van der Waals surface area (Å²) in [6, 6.07) is 0. The van der Waals surface area contributed by atoms with E-state index < -0.39 is 0 Å². The highest BCUT2D eigenvalue weighted by molar-refractivity contribution is 6.31. The van der Waals surface area contributed by atoms with Gasteiger partial charge in [0.05, 0.1) is 12.7 Å². The number of anilines is 1. The van der Waals surface area contributed by atoms with Crippen molar-refractivity contribution in [1.82, 2.24) is 9.97 Å². The van der Waals surface area contributed by atoms with Crippen LogP contribution in [-0.4, -0.2) is 43.4 Å². The van der Waals surface area contributed by atoms with Crippen LogP contribution in [0.4, 0.5) is 5.82 Å². The number of aromatic nitrogens is 2. The molecular formula is C9H14ClN3O2. The highest BCUT2D eigenvalue weighted by Crippen LogP contribution is 2.13. The third kappa shape index (κ3) is 3.99. The van der Waals surface area contributed by atoms with Gasteiger partial charge in [0.1, 0.15) is 0 Å². The van der Waals surface area contributed by atoms with Crippen LogP contribution in [0.1, 0.15) is 0 Å². The lowest BCUT2D eigenvalue weighted by Crippen LogP contribution is -2.27. The average molecular weight is 232 g/mol. The Balaban J connectivity index is 2.45. The fraction of sp³-hybridized carbons (Fsp3) is 0.556. The molecule has 1 unspecified atom stereocenters. The van der Waals surface area contributed by atoms with Gasteiger partial charge in [0.2, 0.25) is 0 Å². The van der Waals surface area contributed by atoms with Gasteiger partial charge in [-0.25, -0.2) is 9.97 Å². The Labute approximate surface area is 93.8 Å². The van der Waals surface area contributed by atoms with Gasteiger partial charge in [-0.3, -0.25) is 0 Å². The van der Waals surface area contributed by atoms with E-state index in [1.165, 1.54) is 6.20 Å². The SMILES string of the molecule is COCC(CNc1nccnc1Cl)OC. The van der Waals surface area contributed by atoms with Crippen LogP contribution in [-0.2, 0) is 9.47 Å². The molecule has 1 atom stereocenters. The second kappa shape index (κ2) is 6.55. The lowest BCUT2D eigenvalue weighted by atomic mass is 10.3. The number of rotatable bonds is 6. The van der Waals surface area contributed by atoms with Crippen LogP contribution in [0.25, 0.3) is 0 Å². The molecule has 5 nitrogen and oxygen atoms in total. The minimum Gasteiger partial charge on any atom is -0.382 e. The second-order valence-electron chi connectivity index (χ2n) is 2.89. The molecule has 0 fully saturated rings. The molecule has 1 aromatic rings. The minimum absolute atomic E-state index is 0.0342. The maximum atomic E-state index is 5.82. The van der Waals surface area contributed by atoms with Crippen molar-refractivity contribution in [3.63, 3.8) is 0 Å². The first-order valence-corrected chi connectivity index (χ1v) is 4.87. The molecule has 0 saturated carbocycles. The van der Waals surface area contributed by atoms with Gasteiger partial charge in [0, 0.05) is 33.2 Å². The quantitative estimate of drug-likeness (QED) is 0.798. The molecule has 0 aliphatic carbocycles.